The molecule has 0 fully saturated rings. The average Bonchev–Trinajstić information content (AvgIpc) is 2.84. The van der Waals surface area contributed by atoms with E-state index in [9.17, 15) is 19.5 Å². The Morgan fingerprint density at radius 3 is 1.41 bits per heavy atom. The molecule has 0 aliphatic heterocycles. The molecule has 0 aliphatic carbocycles. The van der Waals surface area contributed by atoms with Crippen LogP contribution < -0.4 is 0 Å². The third-order valence-electron chi connectivity index (χ3n) is 6.03. The van der Waals surface area contributed by atoms with Crippen molar-refractivity contribution in [3.05, 3.63) is 5.76 Å². The monoisotopic (exact) mass is 482 g/mol. The van der Waals surface area contributed by atoms with Gasteiger partial charge < -0.3 is 14.6 Å². The summed E-state index contributed by atoms with van der Waals surface area (Å²) in [6, 6.07) is 0. The molecule has 0 aromatic rings. The smallest absolute Gasteiger partial charge is 0.311 e. The SMILES string of the molecule is CCCCCCCCCCCC(=O)OC(=C=O)C(CO)OC(=O)CCCCCCCCCCC. The summed E-state index contributed by atoms with van der Waals surface area (Å²) in [7, 11) is 0. The lowest BCUT2D eigenvalue weighted by Crippen LogP contribution is -2.27. The Morgan fingerprint density at radius 2 is 1.03 bits per heavy atom. The van der Waals surface area contributed by atoms with E-state index in [0.717, 1.165) is 25.7 Å². The Morgan fingerprint density at radius 1 is 0.647 bits per heavy atom. The first kappa shape index (κ1) is 32.4. The van der Waals surface area contributed by atoms with Crippen molar-refractivity contribution >= 4 is 17.9 Å². The lowest BCUT2D eigenvalue weighted by atomic mass is 10.1. The van der Waals surface area contributed by atoms with Gasteiger partial charge in [0.15, 0.2) is 12.0 Å². The fourth-order valence-corrected chi connectivity index (χ4v) is 3.88. The van der Waals surface area contributed by atoms with Crippen LogP contribution in [0.1, 0.15) is 142 Å². The second-order valence-electron chi connectivity index (χ2n) is 9.26. The zero-order valence-electron chi connectivity index (χ0n) is 21.9. The first-order valence-corrected chi connectivity index (χ1v) is 13.8. The van der Waals surface area contributed by atoms with Crippen molar-refractivity contribution in [2.75, 3.05) is 6.61 Å². The summed E-state index contributed by atoms with van der Waals surface area (Å²) in [5.41, 5.74) is 0. The summed E-state index contributed by atoms with van der Waals surface area (Å²) >= 11 is 0. The highest BCUT2D eigenvalue weighted by atomic mass is 16.6. The van der Waals surface area contributed by atoms with Gasteiger partial charge in [0, 0.05) is 12.8 Å². The van der Waals surface area contributed by atoms with Crippen LogP contribution in [-0.4, -0.2) is 35.7 Å². The number of unbranched alkanes of at least 4 members (excludes halogenated alkanes) is 16. The van der Waals surface area contributed by atoms with Crippen LogP contribution in [0, 0.1) is 0 Å². The Labute approximate surface area is 207 Å². The predicted molar refractivity (Wildman–Crippen MR) is 136 cm³/mol. The summed E-state index contributed by atoms with van der Waals surface area (Å²) in [5, 5.41) is 9.50. The van der Waals surface area contributed by atoms with E-state index in [0.29, 0.717) is 12.8 Å². The minimum atomic E-state index is -1.28. The first-order valence-electron chi connectivity index (χ1n) is 13.8. The van der Waals surface area contributed by atoms with E-state index in [4.69, 9.17) is 9.47 Å². The summed E-state index contributed by atoms with van der Waals surface area (Å²) in [4.78, 5) is 35.3. The van der Waals surface area contributed by atoms with Gasteiger partial charge in [-0.3, -0.25) is 9.59 Å². The number of aliphatic hydroxyl groups excluding tert-OH is 1. The highest BCUT2D eigenvalue weighted by Crippen LogP contribution is 2.14. The summed E-state index contributed by atoms with van der Waals surface area (Å²) < 4.78 is 10.2. The molecule has 0 aliphatic rings. The van der Waals surface area contributed by atoms with Gasteiger partial charge in [-0.05, 0) is 12.8 Å². The maximum absolute atomic E-state index is 12.1. The maximum Gasteiger partial charge on any atom is 0.311 e. The van der Waals surface area contributed by atoms with E-state index in [2.05, 4.69) is 13.8 Å². The van der Waals surface area contributed by atoms with Crippen LogP contribution >= 0.6 is 0 Å². The molecular weight excluding hydrogens is 432 g/mol. The van der Waals surface area contributed by atoms with Crippen LogP contribution in [-0.2, 0) is 23.9 Å². The highest BCUT2D eigenvalue weighted by Gasteiger charge is 2.23. The van der Waals surface area contributed by atoms with E-state index in [-0.39, 0.29) is 12.8 Å². The minimum absolute atomic E-state index is 0.186. The molecule has 0 aromatic heterocycles. The van der Waals surface area contributed by atoms with Gasteiger partial charge in [0.1, 0.15) is 0 Å². The van der Waals surface area contributed by atoms with Crippen LogP contribution in [0.2, 0.25) is 0 Å². The van der Waals surface area contributed by atoms with Crippen LogP contribution in [0.4, 0.5) is 0 Å². The Bertz CT molecular complexity index is 553. The molecule has 6 heteroatoms. The molecule has 0 rings (SSSR count). The molecule has 34 heavy (non-hydrogen) atoms. The Balaban J connectivity index is 3.98. The second-order valence-corrected chi connectivity index (χ2v) is 9.26. The van der Waals surface area contributed by atoms with Gasteiger partial charge in [-0.15, -0.1) is 0 Å². The Hall–Kier alpha value is -1.65. The molecule has 0 saturated heterocycles. The van der Waals surface area contributed by atoms with Crippen LogP contribution in [0.15, 0.2) is 5.76 Å². The standard InChI is InChI=1S/C28H50O6/c1-3-5-7-9-11-13-15-17-19-21-27(31)33-25(23-29)26(24-30)34-28(32)22-20-18-16-14-12-10-8-6-4-2/h25,29H,3-23H2,1-2H3. The van der Waals surface area contributed by atoms with Gasteiger partial charge >= 0.3 is 11.9 Å². The van der Waals surface area contributed by atoms with Crippen molar-refractivity contribution in [3.63, 3.8) is 0 Å². The van der Waals surface area contributed by atoms with Crippen molar-refractivity contribution in [1.82, 2.24) is 0 Å². The van der Waals surface area contributed by atoms with Crippen LogP contribution in [0.3, 0.4) is 0 Å². The number of esters is 2. The zero-order chi connectivity index (χ0) is 25.3. The van der Waals surface area contributed by atoms with Gasteiger partial charge in [0.05, 0.1) is 6.61 Å². The molecule has 0 aromatic carbocycles. The Kier molecular flexibility index (Phi) is 23.3. The summed E-state index contributed by atoms with van der Waals surface area (Å²) in [5.74, 6) is -0.00905. The van der Waals surface area contributed by atoms with E-state index in [1.807, 2.05) is 0 Å². The third kappa shape index (κ3) is 19.8. The fourth-order valence-electron chi connectivity index (χ4n) is 3.88. The molecule has 0 amide bonds. The van der Waals surface area contributed by atoms with Crippen LogP contribution in [0.25, 0.3) is 0 Å². The van der Waals surface area contributed by atoms with Gasteiger partial charge in [-0.25, -0.2) is 4.79 Å². The third-order valence-corrected chi connectivity index (χ3v) is 6.03. The van der Waals surface area contributed by atoms with Crippen molar-refractivity contribution in [2.24, 2.45) is 0 Å². The molecule has 0 saturated carbocycles. The quantitative estimate of drug-likeness (QED) is 0.0690. The zero-order valence-corrected chi connectivity index (χ0v) is 21.9. The normalized spacial score (nSPS) is 11.6. The number of hydrogen-bond acceptors (Lipinski definition) is 6. The largest absolute Gasteiger partial charge is 0.451 e. The molecule has 0 bridgehead atoms. The molecular formula is C28H50O6. The summed E-state index contributed by atoms with van der Waals surface area (Å²) in [6.45, 7) is 3.78. The molecule has 1 unspecified atom stereocenters. The molecule has 0 spiro atoms. The van der Waals surface area contributed by atoms with E-state index < -0.39 is 30.4 Å². The molecule has 6 nitrogen and oxygen atoms in total. The molecule has 0 heterocycles. The lowest BCUT2D eigenvalue weighted by molar-refractivity contribution is -0.155. The fraction of sp³-hybridized carbons (Fsp3) is 0.857. The van der Waals surface area contributed by atoms with Crippen LogP contribution in [0.5, 0.6) is 0 Å². The molecule has 198 valence electrons. The van der Waals surface area contributed by atoms with Crippen molar-refractivity contribution in [3.8, 4) is 0 Å². The number of carbonyl (C=O) groups excluding carboxylic acids is 3. The van der Waals surface area contributed by atoms with Crippen molar-refractivity contribution in [1.29, 1.82) is 0 Å². The number of ether oxygens (including phenoxy) is 2. The molecule has 0 radical (unpaired) electrons. The first-order chi connectivity index (χ1) is 16.6. The number of carbonyl (C=O) groups is 2. The average molecular weight is 483 g/mol. The molecule has 1 N–H and O–H groups in total. The van der Waals surface area contributed by atoms with Crippen molar-refractivity contribution < 1.29 is 29.0 Å². The lowest BCUT2D eigenvalue weighted by Gasteiger charge is -2.16. The minimum Gasteiger partial charge on any atom is -0.451 e. The van der Waals surface area contributed by atoms with E-state index in [1.165, 1.54) is 83.0 Å². The highest BCUT2D eigenvalue weighted by molar-refractivity contribution is 5.74. The topological polar surface area (TPSA) is 89.9 Å². The number of rotatable bonds is 24. The van der Waals surface area contributed by atoms with Gasteiger partial charge in [-0.2, -0.15) is 0 Å². The van der Waals surface area contributed by atoms with Crippen molar-refractivity contribution in [2.45, 2.75) is 148 Å². The summed E-state index contributed by atoms with van der Waals surface area (Å²) in [6.07, 6.45) is 19.5. The number of hydrogen-bond donors (Lipinski definition) is 1. The van der Waals surface area contributed by atoms with E-state index in [1.54, 1.807) is 0 Å². The van der Waals surface area contributed by atoms with Gasteiger partial charge in [0.2, 0.25) is 5.76 Å². The number of aliphatic hydroxyl groups is 1. The van der Waals surface area contributed by atoms with E-state index >= 15 is 0 Å². The second kappa shape index (κ2) is 24.5. The van der Waals surface area contributed by atoms with Gasteiger partial charge in [0.25, 0.3) is 0 Å². The van der Waals surface area contributed by atoms with Gasteiger partial charge in [-0.1, -0.05) is 117 Å². The predicted octanol–water partition coefficient (Wildman–Crippen LogP) is 6.99. The maximum atomic E-state index is 12.1. The molecule has 1 atom stereocenters.